The van der Waals surface area contributed by atoms with Gasteiger partial charge in [-0.25, -0.2) is 0 Å². The Morgan fingerprint density at radius 1 is 1.80 bits per heavy atom. The third-order valence-corrected chi connectivity index (χ3v) is 1.81. The smallest absolute Gasteiger partial charge is 0.0684 e. The van der Waals surface area contributed by atoms with E-state index in [9.17, 15) is 0 Å². The van der Waals surface area contributed by atoms with Crippen LogP contribution in [0.15, 0.2) is 16.8 Å². The van der Waals surface area contributed by atoms with E-state index in [-0.39, 0.29) is 6.10 Å². The highest BCUT2D eigenvalue weighted by Crippen LogP contribution is 2.11. The highest BCUT2D eigenvalue weighted by molar-refractivity contribution is 7.08. The molecule has 1 aromatic heterocycles. The zero-order valence-corrected chi connectivity index (χ0v) is 6.69. The number of rotatable bonds is 3. The number of hydrogen-bond donors (Lipinski definition) is 2. The van der Waals surface area contributed by atoms with E-state index in [2.05, 4.69) is 5.32 Å². The summed E-state index contributed by atoms with van der Waals surface area (Å²) in [4.78, 5) is 0. The minimum Gasteiger partial charge on any atom is -0.392 e. The second kappa shape index (κ2) is 3.58. The average molecular weight is 157 g/mol. The molecule has 0 spiro atoms. The molecule has 56 valence electrons. The van der Waals surface area contributed by atoms with Gasteiger partial charge in [-0.05, 0) is 18.4 Å². The predicted octanol–water partition coefficient (Wildman–Crippen LogP) is 1.54. The second-order valence-corrected chi connectivity index (χ2v) is 3.02. The lowest BCUT2D eigenvalue weighted by atomic mass is 10.4. The molecule has 0 fully saturated rings. The van der Waals surface area contributed by atoms with E-state index < -0.39 is 0 Å². The Hall–Kier alpha value is -0.540. The summed E-state index contributed by atoms with van der Waals surface area (Å²) in [5.74, 6) is 0. The molecular weight excluding hydrogens is 146 g/mol. The SMILES string of the molecule is CC(O)CNc1ccsc1. The van der Waals surface area contributed by atoms with Crippen molar-refractivity contribution >= 4 is 17.0 Å². The first-order valence-electron chi connectivity index (χ1n) is 3.23. The van der Waals surface area contributed by atoms with Crippen LogP contribution in [0.2, 0.25) is 0 Å². The van der Waals surface area contributed by atoms with Crippen molar-refractivity contribution in [2.75, 3.05) is 11.9 Å². The van der Waals surface area contributed by atoms with Gasteiger partial charge in [0.25, 0.3) is 0 Å². The lowest BCUT2D eigenvalue weighted by Gasteiger charge is -2.04. The molecule has 0 amide bonds. The van der Waals surface area contributed by atoms with Crippen molar-refractivity contribution in [2.24, 2.45) is 0 Å². The van der Waals surface area contributed by atoms with Crippen LogP contribution in [0.4, 0.5) is 5.69 Å². The molecule has 2 N–H and O–H groups in total. The minimum absolute atomic E-state index is 0.278. The van der Waals surface area contributed by atoms with Gasteiger partial charge in [0, 0.05) is 17.6 Å². The molecule has 0 aliphatic rings. The highest BCUT2D eigenvalue weighted by Gasteiger charge is 1.94. The van der Waals surface area contributed by atoms with E-state index in [1.54, 1.807) is 18.3 Å². The van der Waals surface area contributed by atoms with Gasteiger partial charge in [-0.2, -0.15) is 11.3 Å². The van der Waals surface area contributed by atoms with Gasteiger partial charge >= 0.3 is 0 Å². The summed E-state index contributed by atoms with van der Waals surface area (Å²) < 4.78 is 0. The van der Waals surface area contributed by atoms with Crippen LogP contribution in [0.1, 0.15) is 6.92 Å². The van der Waals surface area contributed by atoms with Crippen LogP contribution in [0, 0.1) is 0 Å². The van der Waals surface area contributed by atoms with Gasteiger partial charge < -0.3 is 10.4 Å². The van der Waals surface area contributed by atoms with E-state index in [0.29, 0.717) is 6.54 Å². The summed E-state index contributed by atoms with van der Waals surface area (Å²) in [6.07, 6.45) is -0.278. The van der Waals surface area contributed by atoms with Gasteiger partial charge in [0.2, 0.25) is 0 Å². The lowest BCUT2D eigenvalue weighted by molar-refractivity contribution is 0.208. The number of hydrogen-bond acceptors (Lipinski definition) is 3. The van der Waals surface area contributed by atoms with E-state index in [1.165, 1.54) is 0 Å². The van der Waals surface area contributed by atoms with E-state index >= 15 is 0 Å². The molecule has 10 heavy (non-hydrogen) atoms. The summed E-state index contributed by atoms with van der Waals surface area (Å²) in [5, 5.41) is 16.0. The van der Waals surface area contributed by atoms with Crippen molar-refractivity contribution in [1.29, 1.82) is 0 Å². The lowest BCUT2D eigenvalue weighted by Crippen LogP contribution is -2.14. The van der Waals surface area contributed by atoms with Crippen LogP contribution < -0.4 is 5.32 Å². The van der Waals surface area contributed by atoms with E-state index in [0.717, 1.165) is 5.69 Å². The molecule has 1 rings (SSSR count). The minimum atomic E-state index is -0.278. The fourth-order valence-electron chi connectivity index (χ4n) is 0.631. The Bertz CT molecular complexity index is 172. The fraction of sp³-hybridized carbons (Fsp3) is 0.429. The van der Waals surface area contributed by atoms with Crippen molar-refractivity contribution in [3.63, 3.8) is 0 Å². The molecule has 0 bridgehead atoms. The van der Waals surface area contributed by atoms with Gasteiger partial charge in [-0.15, -0.1) is 0 Å². The van der Waals surface area contributed by atoms with Gasteiger partial charge in [0.1, 0.15) is 0 Å². The zero-order chi connectivity index (χ0) is 7.40. The van der Waals surface area contributed by atoms with Crippen molar-refractivity contribution in [2.45, 2.75) is 13.0 Å². The van der Waals surface area contributed by atoms with Crippen LogP contribution in [-0.4, -0.2) is 17.8 Å². The standard InChI is InChI=1S/C7H11NOS/c1-6(9)4-8-7-2-3-10-5-7/h2-3,5-6,8-9H,4H2,1H3. The largest absolute Gasteiger partial charge is 0.392 e. The Morgan fingerprint density at radius 3 is 3.10 bits per heavy atom. The maximum Gasteiger partial charge on any atom is 0.0684 e. The quantitative estimate of drug-likeness (QED) is 0.697. The average Bonchev–Trinajstić information content (AvgIpc) is 2.34. The molecular formula is C7H11NOS. The molecule has 0 aromatic carbocycles. The molecule has 0 aliphatic carbocycles. The van der Waals surface area contributed by atoms with Crippen molar-refractivity contribution in [3.05, 3.63) is 16.8 Å². The molecule has 2 nitrogen and oxygen atoms in total. The first-order chi connectivity index (χ1) is 4.79. The van der Waals surface area contributed by atoms with Crippen LogP contribution in [0.3, 0.4) is 0 Å². The normalized spacial score (nSPS) is 13.0. The van der Waals surface area contributed by atoms with Gasteiger partial charge in [0.15, 0.2) is 0 Å². The van der Waals surface area contributed by atoms with Gasteiger partial charge in [0.05, 0.1) is 6.10 Å². The van der Waals surface area contributed by atoms with Gasteiger partial charge in [-0.3, -0.25) is 0 Å². The molecule has 0 saturated heterocycles. The number of aliphatic hydroxyl groups excluding tert-OH is 1. The Kier molecular flexibility index (Phi) is 2.71. The predicted molar refractivity (Wildman–Crippen MR) is 44.5 cm³/mol. The second-order valence-electron chi connectivity index (χ2n) is 2.24. The zero-order valence-electron chi connectivity index (χ0n) is 5.87. The summed E-state index contributed by atoms with van der Waals surface area (Å²) in [6, 6.07) is 1.99. The maximum absolute atomic E-state index is 8.89. The fourth-order valence-corrected chi connectivity index (χ4v) is 1.24. The number of thiophene rings is 1. The molecule has 0 radical (unpaired) electrons. The number of nitrogens with one attached hydrogen (secondary N) is 1. The number of aliphatic hydroxyl groups is 1. The summed E-state index contributed by atoms with van der Waals surface area (Å²) in [6.45, 7) is 2.39. The summed E-state index contributed by atoms with van der Waals surface area (Å²) in [7, 11) is 0. The van der Waals surface area contributed by atoms with E-state index in [4.69, 9.17) is 5.11 Å². The Labute approximate surface area is 64.5 Å². The Balaban J connectivity index is 2.28. The summed E-state index contributed by atoms with van der Waals surface area (Å²) in [5.41, 5.74) is 1.09. The van der Waals surface area contributed by atoms with Gasteiger partial charge in [-0.1, -0.05) is 0 Å². The van der Waals surface area contributed by atoms with Crippen LogP contribution in [0.5, 0.6) is 0 Å². The third kappa shape index (κ3) is 2.37. The van der Waals surface area contributed by atoms with Crippen molar-refractivity contribution < 1.29 is 5.11 Å². The molecule has 1 unspecified atom stereocenters. The monoisotopic (exact) mass is 157 g/mol. The molecule has 1 aromatic rings. The van der Waals surface area contributed by atoms with E-state index in [1.807, 2.05) is 16.8 Å². The molecule has 1 heterocycles. The third-order valence-electron chi connectivity index (χ3n) is 1.12. The molecule has 1 atom stereocenters. The van der Waals surface area contributed by atoms with Crippen LogP contribution in [-0.2, 0) is 0 Å². The highest BCUT2D eigenvalue weighted by atomic mass is 32.1. The van der Waals surface area contributed by atoms with Crippen molar-refractivity contribution in [3.8, 4) is 0 Å². The van der Waals surface area contributed by atoms with Crippen LogP contribution in [0.25, 0.3) is 0 Å². The first kappa shape index (κ1) is 7.57. The van der Waals surface area contributed by atoms with Crippen molar-refractivity contribution in [1.82, 2.24) is 0 Å². The first-order valence-corrected chi connectivity index (χ1v) is 4.17. The number of anilines is 1. The Morgan fingerprint density at radius 2 is 2.60 bits per heavy atom. The molecule has 0 saturated carbocycles. The van der Waals surface area contributed by atoms with Crippen LogP contribution >= 0.6 is 11.3 Å². The summed E-state index contributed by atoms with van der Waals surface area (Å²) >= 11 is 1.65. The topological polar surface area (TPSA) is 32.3 Å². The maximum atomic E-state index is 8.89. The molecule has 3 heteroatoms. The molecule has 0 aliphatic heterocycles.